The van der Waals surface area contributed by atoms with E-state index in [0.717, 1.165) is 22.2 Å². The number of nitriles is 1. The second-order valence-electron chi connectivity index (χ2n) is 7.89. The van der Waals surface area contributed by atoms with Gasteiger partial charge in [0.1, 0.15) is 24.5 Å². The molecule has 0 saturated heterocycles. The van der Waals surface area contributed by atoms with Crippen LogP contribution in [-0.2, 0) is 11.2 Å². The molecule has 0 saturated carbocycles. The van der Waals surface area contributed by atoms with E-state index in [9.17, 15) is 10.1 Å². The number of nitrogens with zero attached hydrogens (tertiary/aromatic N) is 6. The summed E-state index contributed by atoms with van der Waals surface area (Å²) in [6, 6.07) is 15.1. The monoisotopic (exact) mass is 461 g/mol. The molecule has 1 N–H and O–H groups in total. The quantitative estimate of drug-likeness (QED) is 0.347. The van der Waals surface area contributed by atoms with Crippen LogP contribution in [0, 0.1) is 18.3 Å². The Morgan fingerprint density at radius 3 is 2.89 bits per heavy atom. The lowest BCUT2D eigenvalue weighted by Gasteiger charge is -2.14. The fourth-order valence-electron chi connectivity index (χ4n) is 3.71. The minimum absolute atomic E-state index is 0.0767. The summed E-state index contributed by atoms with van der Waals surface area (Å²) in [6.07, 6.45) is 6.23. The lowest BCUT2D eigenvalue weighted by molar-refractivity contribution is -0.114. The molecule has 3 heterocycles. The van der Waals surface area contributed by atoms with Crippen LogP contribution in [0.25, 0.3) is 16.6 Å². The van der Waals surface area contributed by atoms with Crippen LogP contribution >= 0.6 is 0 Å². The number of rotatable bonds is 7. The maximum absolute atomic E-state index is 11.8. The number of hydrogen-bond donors (Lipinski definition) is 1. The molecule has 0 bridgehead atoms. The zero-order chi connectivity index (χ0) is 24.4. The summed E-state index contributed by atoms with van der Waals surface area (Å²) in [5, 5.41) is 21.6. The maximum atomic E-state index is 11.8. The predicted molar refractivity (Wildman–Crippen MR) is 131 cm³/mol. The molecule has 0 fully saturated rings. The van der Waals surface area contributed by atoms with Crippen molar-refractivity contribution < 1.29 is 9.53 Å². The highest BCUT2D eigenvalue weighted by Crippen LogP contribution is 2.32. The Labute approximate surface area is 200 Å². The van der Waals surface area contributed by atoms with Crippen molar-refractivity contribution in [2.24, 2.45) is 0 Å². The van der Waals surface area contributed by atoms with Gasteiger partial charge in [0.25, 0.3) is 0 Å². The first-order valence-electron chi connectivity index (χ1n) is 10.7. The molecule has 0 aliphatic carbocycles. The topological polar surface area (TPSA) is 118 Å². The molecule has 0 unspecified atom stereocenters. The number of pyridine rings is 1. The third-order valence-corrected chi connectivity index (χ3v) is 5.48. The van der Waals surface area contributed by atoms with Crippen molar-refractivity contribution in [3.63, 3.8) is 0 Å². The molecule has 0 radical (unpaired) electrons. The first-order valence-corrected chi connectivity index (χ1v) is 10.7. The highest BCUT2D eigenvalue weighted by Gasteiger charge is 2.13. The van der Waals surface area contributed by atoms with Crippen LogP contribution in [0.5, 0.6) is 11.6 Å². The number of aryl methyl sites for hydroxylation is 1. The van der Waals surface area contributed by atoms with Crippen molar-refractivity contribution in [2.75, 3.05) is 5.32 Å². The lowest BCUT2D eigenvalue weighted by atomic mass is 10.0. The van der Waals surface area contributed by atoms with Gasteiger partial charge in [-0.1, -0.05) is 12.6 Å². The maximum Gasteiger partial charge on any atom is 0.224 e. The zero-order valence-corrected chi connectivity index (χ0v) is 18.8. The molecule has 35 heavy (non-hydrogen) atoms. The van der Waals surface area contributed by atoms with Gasteiger partial charge in [-0.2, -0.15) is 5.26 Å². The lowest BCUT2D eigenvalue weighted by Crippen LogP contribution is -2.01. The molecular formula is C26H19N7O2. The molecule has 2 aromatic carbocycles. The molecule has 170 valence electrons. The highest BCUT2D eigenvalue weighted by atomic mass is 16.5. The predicted octanol–water partition coefficient (Wildman–Crippen LogP) is 4.69. The van der Waals surface area contributed by atoms with Crippen molar-refractivity contribution in [3.05, 3.63) is 90.7 Å². The first-order chi connectivity index (χ1) is 17.0. The smallest absolute Gasteiger partial charge is 0.224 e. The molecule has 3 aromatic heterocycles. The van der Waals surface area contributed by atoms with Crippen LogP contribution in [0.15, 0.2) is 74.0 Å². The summed E-state index contributed by atoms with van der Waals surface area (Å²) >= 11 is 0. The molecule has 0 atom stereocenters. The third kappa shape index (κ3) is 4.41. The average Bonchev–Trinajstić information content (AvgIpc) is 3.34. The van der Waals surface area contributed by atoms with Crippen molar-refractivity contribution in [3.8, 4) is 17.7 Å². The molecule has 9 nitrogen and oxygen atoms in total. The fourth-order valence-corrected chi connectivity index (χ4v) is 3.71. The van der Waals surface area contributed by atoms with E-state index in [1.54, 1.807) is 23.1 Å². The number of carbonyl (C=O) groups is 1. The van der Waals surface area contributed by atoms with E-state index in [0.29, 0.717) is 34.0 Å². The highest BCUT2D eigenvalue weighted by molar-refractivity contribution is 5.97. The average molecular weight is 461 g/mol. The molecule has 0 spiro atoms. The minimum atomic E-state index is -0.0767. The molecular weight excluding hydrogens is 442 g/mol. The summed E-state index contributed by atoms with van der Waals surface area (Å²) in [7, 11) is 0. The van der Waals surface area contributed by atoms with Gasteiger partial charge < -0.3 is 10.1 Å². The zero-order valence-electron chi connectivity index (χ0n) is 18.8. The van der Waals surface area contributed by atoms with Crippen molar-refractivity contribution >= 4 is 33.7 Å². The van der Waals surface area contributed by atoms with Crippen LogP contribution in [0.2, 0.25) is 0 Å². The number of aromatic nitrogens is 5. The number of ether oxygens (including phenoxy) is 1. The number of allylic oxidation sites excluding steroid dienone is 1. The Hall–Kier alpha value is -5.10. The van der Waals surface area contributed by atoms with E-state index < -0.39 is 0 Å². The number of benzene rings is 2. The Morgan fingerprint density at radius 2 is 2.09 bits per heavy atom. The molecule has 9 heteroatoms. The van der Waals surface area contributed by atoms with Gasteiger partial charge in [-0.25, -0.2) is 4.98 Å². The van der Waals surface area contributed by atoms with E-state index in [4.69, 9.17) is 4.74 Å². The number of hydrogen-bond acceptors (Lipinski definition) is 8. The van der Waals surface area contributed by atoms with Crippen LogP contribution in [0.1, 0.15) is 16.7 Å². The summed E-state index contributed by atoms with van der Waals surface area (Å²) < 4.78 is 7.64. The molecule has 0 amide bonds. The van der Waals surface area contributed by atoms with Crippen molar-refractivity contribution in [1.29, 1.82) is 5.26 Å². The van der Waals surface area contributed by atoms with Gasteiger partial charge in [-0.3, -0.25) is 14.2 Å². The first kappa shape index (κ1) is 21.7. The van der Waals surface area contributed by atoms with Gasteiger partial charge in [-0.05, 0) is 54.5 Å². The Bertz CT molecular complexity index is 1650. The number of ketones is 1. The number of carbonyl (C=O) groups excluding carboxylic acids is 1. The SMILES string of the molecule is C=CC(=O)Cc1ccc2ncc(C#N)c(Nc3ccc(Oc4cc5nncn5cn4)c(C)c3)c2c1. The Balaban J connectivity index is 1.46. The van der Waals surface area contributed by atoms with E-state index in [1.165, 1.54) is 12.3 Å². The second-order valence-corrected chi connectivity index (χ2v) is 7.89. The van der Waals surface area contributed by atoms with E-state index >= 15 is 0 Å². The summed E-state index contributed by atoms with van der Waals surface area (Å²) in [4.78, 5) is 20.5. The van der Waals surface area contributed by atoms with Crippen LogP contribution < -0.4 is 10.1 Å². The number of fused-ring (bicyclic) bond motifs is 2. The van der Waals surface area contributed by atoms with E-state index in [-0.39, 0.29) is 12.2 Å². The molecule has 0 aliphatic rings. The van der Waals surface area contributed by atoms with Gasteiger partial charge >= 0.3 is 0 Å². The van der Waals surface area contributed by atoms with Gasteiger partial charge in [0.15, 0.2) is 11.4 Å². The Morgan fingerprint density at radius 1 is 1.20 bits per heavy atom. The van der Waals surface area contributed by atoms with Crippen molar-refractivity contribution in [1.82, 2.24) is 24.6 Å². The van der Waals surface area contributed by atoms with Crippen LogP contribution in [0.3, 0.4) is 0 Å². The third-order valence-electron chi connectivity index (χ3n) is 5.48. The normalized spacial score (nSPS) is 10.7. The summed E-state index contributed by atoms with van der Waals surface area (Å²) in [6.45, 7) is 5.46. The van der Waals surface area contributed by atoms with Crippen LogP contribution in [0.4, 0.5) is 11.4 Å². The standard InChI is InChI=1S/C26H19N7O2/c1-3-20(34)9-17-4-6-22-21(10-17)26(18(12-27)13-28-22)31-19-5-7-23(16(2)8-19)35-25-11-24-32-30-15-33(24)14-29-25/h3-8,10-11,13-15H,1,9H2,2H3,(H,28,31). The van der Waals surface area contributed by atoms with Crippen molar-refractivity contribution in [2.45, 2.75) is 13.3 Å². The fraction of sp³-hybridized carbons (Fsp3) is 0.0769. The number of nitrogens with one attached hydrogen (secondary N) is 1. The molecule has 5 rings (SSSR count). The minimum Gasteiger partial charge on any atom is -0.439 e. The van der Waals surface area contributed by atoms with E-state index in [1.807, 2.05) is 43.3 Å². The van der Waals surface area contributed by atoms with Gasteiger partial charge in [0.2, 0.25) is 5.88 Å². The molecule has 0 aliphatic heterocycles. The van der Waals surface area contributed by atoms with Gasteiger partial charge in [-0.15, -0.1) is 10.2 Å². The second kappa shape index (κ2) is 9.03. The largest absolute Gasteiger partial charge is 0.439 e. The van der Waals surface area contributed by atoms with Crippen LogP contribution in [-0.4, -0.2) is 30.3 Å². The number of anilines is 2. The Kier molecular flexibility index (Phi) is 5.61. The van der Waals surface area contributed by atoms with Gasteiger partial charge in [0, 0.05) is 29.8 Å². The van der Waals surface area contributed by atoms with Gasteiger partial charge in [0.05, 0.1) is 16.8 Å². The molecule has 5 aromatic rings. The summed E-state index contributed by atoms with van der Waals surface area (Å²) in [5.41, 5.74) is 4.83. The van der Waals surface area contributed by atoms with E-state index in [2.05, 4.69) is 38.1 Å². The summed E-state index contributed by atoms with van der Waals surface area (Å²) in [5.74, 6) is 0.965.